The largest absolute Gasteiger partial charge is 0.416 e. The normalized spacial score (nSPS) is 14.8. The fraction of sp³-hybridized carbons (Fsp3) is 0.316. The number of hydrogen-bond donors (Lipinski definition) is 1. The molecule has 2 aromatic carbocycles. The van der Waals surface area contributed by atoms with Crippen LogP contribution in [-0.2, 0) is 22.1 Å². The van der Waals surface area contributed by atoms with Gasteiger partial charge in [-0.05, 0) is 30.3 Å². The number of halogens is 5. The van der Waals surface area contributed by atoms with Gasteiger partial charge in [-0.3, -0.25) is 4.79 Å². The van der Waals surface area contributed by atoms with Gasteiger partial charge in [0.05, 0.1) is 36.6 Å². The molecule has 0 saturated carbocycles. The summed E-state index contributed by atoms with van der Waals surface area (Å²) in [7, 11) is 0. The second-order valence-corrected chi connectivity index (χ2v) is 6.66. The molecule has 9 heteroatoms. The Morgan fingerprint density at radius 1 is 1.18 bits per heavy atom. The molecule has 0 radical (unpaired) electrons. The third-order valence-corrected chi connectivity index (χ3v) is 4.70. The molecule has 1 saturated heterocycles. The molecule has 0 aliphatic carbocycles. The van der Waals surface area contributed by atoms with Crippen molar-refractivity contribution in [1.29, 1.82) is 0 Å². The predicted molar refractivity (Wildman–Crippen MR) is 98.2 cm³/mol. The molecule has 3 rings (SSSR count). The average molecular weight is 417 g/mol. The molecule has 0 spiro atoms. The topological polar surface area (TPSA) is 41.6 Å². The minimum Gasteiger partial charge on any atom is -0.378 e. The quantitative estimate of drug-likeness (QED) is 0.745. The zero-order chi connectivity index (χ0) is 20.3. The fourth-order valence-electron chi connectivity index (χ4n) is 2.95. The van der Waals surface area contributed by atoms with E-state index in [9.17, 15) is 22.4 Å². The van der Waals surface area contributed by atoms with E-state index < -0.39 is 29.9 Å². The molecule has 1 amide bonds. The van der Waals surface area contributed by atoms with Gasteiger partial charge in [-0.15, -0.1) is 0 Å². The zero-order valence-electron chi connectivity index (χ0n) is 14.7. The molecule has 150 valence electrons. The first kappa shape index (κ1) is 20.4. The number of carbonyl (C=O) groups excluding carboxylic acids is 1. The SMILES string of the molecule is O=C(Cc1c(F)cccc1Cl)Nc1cc(C(F)(F)F)ccc1N1CCOCC1. The van der Waals surface area contributed by atoms with Crippen molar-refractivity contribution in [1.82, 2.24) is 0 Å². The zero-order valence-corrected chi connectivity index (χ0v) is 15.4. The van der Waals surface area contributed by atoms with E-state index in [2.05, 4.69) is 5.32 Å². The van der Waals surface area contributed by atoms with Gasteiger partial charge in [-0.1, -0.05) is 17.7 Å². The van der Waals surface area contributed by atoms with Crippen molar-refractivity contribution in [2.75, 3.05) is 36.5 Å². The molecule has 0 aromatic heterocycles. The molecule has 1 fully saturated rings. The summed E-state index contributed by atoms with van der Waals surface area (Å²) in [6.07, 6.45) is -4.96. The second kappa shape index (κ2) is 8.36. The number of amides is 1. The maximum Gasteiger partial charge on any atom is 0.416 e. The lowest BCUT2D eigenvalue weighted by Crippen LogP contribution is -2.37. The summed E-state index contributed by atoms with van der Waals surface area (Å²) >= 11 is 5.92. The molecule has 1 N–H and O–H groups in total. The van der Waals surface area contributed by atoms with Gasteiger partial charge in [0.2, 0.25) is 5.91 Å². The van der Waals surface area contributed by atoms with Crippen molar-refractivity contribution >= 4 is 28.9 Å². The lowest BCUT2D eigenvalue weighted by Gasteiger charge is -2.31. The van der Waals surface area contributed by atoms with E-state index in [1.165, 1.54) is 18.2 Å². The number of nitrogens with zero attached hydrogens (tertiary/aromatic N) is 1. The van der Waals surface area contributed by atoms with Crippen LogP contribution in [0.4, 0.5) is 28.9 Å². The van der Waals surface area contributed by atoms with E-state index in [1.54, 1.807) is 0 Å². The Bertz CT molecular complexity index is 847. The van der Waals surface area contributed by atoms with Crippen molar-refractivity contribution in [2.24, 2.45) is 0 Å². The fourth-order valence-corrected chi connectivity index (χ4v) is 3.18. The van der Waals surface area contributed by atoms with Crippen molar-refractivity contribution in [2.45, 2.75) is 12.6 Å². The number of carbonyl (C=O) groups is 1. The number of anilines is 2. The van der Waals surface area contributed by atoms with Crippen LogP contribution in [0.15, 0.2) is 36.4 Å². The minimum absolute atomic E-state index is 0.00851. The van der Waals surface area contributed by atoms with Gasteiger partial charge in [-0.25, -0.2) is 4.39 Å². The van der Waals surface area contributed by atoms with Crippen molar-refractivity contribution in [3.05, 3.63) is 58.4 Å². The number of benzene rings is 2. The standard InChI is InChI=1S/C19H17ClF4N2O2/c20-14-2-1-3-15(21)13(14)11-18(27)25-16-10-12(19(22,23)24)4-5-17(16)26-6-8-28-9-7-26/h1-5,10H,6-9,11H2,(H,25,27). The Labute approximate surface area is 164 Å². The first-order valence-corrected chi connectivity index (χ1v) is 8.90. The van der Waals surface area contributed by atoms with Crippen LogP contribution < -0.4 is 10.2 Å². The van der Waals surface area contributed by atoms with Crippen molar-refractivity contribution in [3.8, 4) is 0 Å². The van der Waals surface area contributed by atoms with Crippen molar-refractivity contribution in [3.63, 3.8) is 0 Å². The summed E-state index contributed by atoms with van der Waals surface area (Å²) in [5, 5.41) is 2.55. The van der Waals surface area contributed by atoms with Crippen LogP contribution in [0.2, 0.25) is 5.02 Å². The smallest absolute Gasteiger partial charge is 0.378 e. The highest BCUT2D eigenvalue weighted by atomic mass is 35.5. The lowest BCUT2D eigenvalue weighted by molar-refractivity contribution is -0.137. The third kappa shape index (κ3) is 4.74. The number of ether oxygens (including phenoxy) is 1. The van der Waals surface area contributed by atoms with Crippen LogP contribution in [0, 0.1) is 5.82 Å². The highest BCUT2D eigenvalue weighted by Gasteiger charge is 2.32. The molecule has 0 atom stereocenters. The Morgan fingerprint density at radius 2 is 1.89 bits per heavy atom. The maximum atomic E-state index is 13.9. The summed E-state index contributed by atoms with van der Waals surface area (Å²) < 4.78 is 58.5. The van der Waals surface area contributed by atoms with E-state index >= 15 is 0 Å². The van der Waals surface area contributed by atoms with Gasteiger partial charge in [-0.2, -0.15) is 13.2 Å². The van der Waals surface area contributed by atoms with E-state index in [0.29, 0.717) is 32.0 Å². The highest BCUT2D eigenvalue weighted by Crippen LogP contribution is 2.36. The molecule has 1 heterocycles. The number of nitrogens with one attached hydrogen (secondary N) is 1. The molecule has 2 aromatic rings. The number of hydrogen-bond acceptors (Lipinski definition) is 3. The van der Waals surface area contributed by atoms with Gasteiger partial charge < -0.3 is 15.0 Å². The average Bonchev–Trinajstić information content (AvgIpc) is 2.65. The molecule has 28 heavy (non-hydrogen) atoms. The Hall–Kier alpha value is -2.32. The highest BCUT2D eigenvalue weighted by molar-refractivity contribution is 6.31. The number of morpholine rings is 1. The molecular weight excluding hydrogens is 400 g/mol. The molecular formula is C19H17ClF4N2O2. The Kier molecular flexibility index (Phi) is 6.10. The minimum atomic E-state index is -4.56. The van der Waals surface area contributed by atoms with Crippen LogP contribution in [0.3, 0.4) is 0 Å². The molecule has 0 unspecified atom stereocenters. The van der Waals surface area contributed by atoms with Crippen LogP contribution in [0.25, 0.3) is 0 Å². The van der Waals surface area contributed by atoms with Gasteiger partial charge in [0.15, 0.2) is 0 Å². The summed E-state index contributed by atoms with van der Waals surface area (Å²) in [5.74, 6) is -1.32. The molecule has 4 nitrogen and oxygen atoms in total. The molecule has 1 aliphatic heterocycles. The first-order valence-electron chi connectivity index (χ1n) is 8.52. The summed E-state index contributed by atoms with van der Waals surface area (Å²) in [4.78, 5) is 14.3. The van der Waals surface area contributed by atoms with E-state index in [1.807, 2.05) is 4.90 Å². The number of alkyl halides is 3. The van der Waals surface area contributed by atoms with E-state index in [0.717, 1.165) is 18.2 Å². The van der Waals surface area contributed by atoms with Crippen molar-refractivity contribution < 1.29 is 27.1 Å². The monoisotopic (exact) mass is 416 g/mol. The predicted octanol–water partition coefficient (Wildman–Crippen LogP) is 4.52. The van der Waals surface area contributed by atoms with Gasteiger partial charge in [0, 0.05) is 23.7 Å². The lowest BCUT2D eigenvalue weighted by atomic mass is 10.1. The third-order valence-electron chi connectivity index (χ3n) is 4.35. The second-order valence-electron chi connectivity index (χ2n) is 6.25. The van der Waals surface area contributed by atoms with Gasteiger partial charge >= 0.3 is 6.18 Å². The van der Waals surface area contributed by atoms with Crippen LogP contribution in [-0.4, -0.2) is 32.2 Å². The van der Waals surface area contributed by atoms with E-state index in [4.69, 9.17) is 16.3 Å². The Balaban J connectivity index is 1.88. The van der Waals surface area contributed by atoms with Gasteiger partial charge in [0.25, 0.3) is 0 Å². The first-order chi connectivity index (χ1) is 13.3. The maximum absolute atomic E-state index is 13.9. The summed E-state index contributed by atoms with van der Waals surface area (Å²) in [5.41, 5.74) is -0.441. The molecule has 0 bridgehead atoms. The molecule has 1 aliphatic rings. The number of rotatable bonds is 4. The van der Waals surface area contributed by atoms with Gasteiger partial charge in [0.1, 0.15) is 5.82 Å². The van der Waals surface area contributed by atoms with Crippen LogP contribution in [0.5, 0.6) is 0 Å². The summed E-state index contributed by atoms with van der Waals surface area (Å²) in [6.45, 7) is 1.82. The Morgan fingerprint density at radius 3 is 2.54 bits per heavy atom. The van der Waals surface area contributed by atoms with Crippen LogP contribution >= 0.6 is 11.6 Å². The van der Waals surface area contributed by atoms with E-state index in [-0.39, 0.29) is 16.3 Å². The summed E-state index contributed by atoms with van der Waals surface area (Å²) in [6, 6.07) is 7.18. The van der Waals surface area contributed by atoms with Crippen LogP contribution in [0.1, 0.15) is 11.1 Å².